The Bertz CT molecular complexity index is 971. The van der Waals surface area contributed by atoms with Crippen LogP contribution in [0.15, 0.2) is 53.8 Å². The van der Waals surface area contributed by atoms with E-state index in [0.29, 0.717) is 5.92 Å². The first-order chi connectivity index (χ1) is 11.2. The van der Waals surface area contributed by atoms with E-state index in [4.69, 9.17) is 0 Å². The molecule has 23 heavy (non-hydrogen) atoms. The fraction of sp³-hybridized carbons (Fsp3) is 0.176. The fourth-order valence-corrected chi connectivity index (χ4v) is 4.32. The Hall–Kier alpha value is -1.92. The molecule has 0 aliphatic heterocycles. The number of aromatic nitrogens is 4. The summed E-state index contributed by atoms with van der Waals surface area (Å²) in [5.74, 6) is 0.547. The molecule has 0 fully saturated rings. The van der Waals surface area contributed by atoms with Gasteiger partial charge in [0.15, 0.2) is 0 Å². The Morgan fingerprint density at radius 2 is 2.00 bits per heavy atom. The van der Waals surface area contributed by atoms with Crippen LogP contribution in [0.5, 0.6) is 0 Å². The van der Waals surface area contributed by atoms with Gasteiger partial charge in [-0.25, -0.2) is 4.98 Å². The van der Waals surface area contributed by atoms with E-state index < -0.39 is 0 Å². The number of nitrogens with zero attached hydrogens (tertiary/aromatic N) is 2. The first kappa shape index (κ1) is 14.7. The van der Waals surface area contributed by atoms with Crippen LogP contribution in [-0.2, 0) is 0 Å². The monoisotopic (exact) mass is 341 g/mol. The molecule has 0 spiro atoms. The average Bonchev–Trinajstić information content (AvgIpc) is 3.17. The van der Waals surface area contributed by atoms with Gasteiger partial charge in [-0.1, -0.05) is 19.9 Å². The molecule has 0 amide bonds. The maximum atomic E-state index is 4.25. The van der Waals surface area contributed by atoms with Gasteiger partial charge in [0.1, 0.15) is 5.52 Å². The van der Waals surface area contributed by atoms with Gasteiger partial charge >= 0.3 is 0 Å². The lowest BCUT2D eigenvalue weighted by molar-refractivity contribution is -0.554. The third-order valence-corrected chi connectivity index (χ3v) is 6.00. The van der Waals surface area contributed by atoms with Crippen LogP contribution in [-0.4, -0.2) is 15.1 Å². The summed E-state index contributed by atoms with van der Waals surface area (Å²) >= 11 is 0. The zero-order valence-corrected chi connectivity index (χ0v) is 14.5. The molecular formula is C17H17N4S2+. The van der Waals surface area contributed by atoms with Crippen molar-refractivity contribution >= 4 is 43.7 Å². The SMILES string of the molecule is CC(C)c1ccc2[nH][n+](SSc3ccc4nc[nH]c4c3)cc2c1. The fourth-order valence-electron chi connectivity index (χ4n) is 2.52. The molecule has 0 aliphatic carbocycles. The van der Waals surface area contributed by atoms with Crippen molar-refractivity contribution < 1.29 is 4.09 Å². The number of imidazole rings is 1. The minimum atomic E-state index is 0.547. The van der Waals surface area contributed by atoms with Gasteiger partial charge in [0.2, 0.25) is 6.20 Å². The van der Waals surface area contributed by atoms with Crippen molar-refractivity contribution in [1.29, 1.82) is 0 Å². The Morgan fingerprint density at radius 1 is 1.09 bits per heavy atom. The number of nitrogens with one attached hydrogen (secondary N) is 2. The second kappa shape index (κ2) is 5.94. The first-order valence-corrected chi connectivity index (χ1v) is 9.62. The van der Waals surface area contributed by atoms with Crippen molar-refractivity contribution in [3.05, 3.63) is 54.5 Å². The number of benzene rings is 2. The summed E-state index contributed by atoms with van der Waals surface area (Å²) in [5.41, 5.74) is 4.59. The zero-order chi connectivity index (χ0) is 15.8. The minimum Gasteiger partial charge on any atom is -0.345 e. The molecule has 2 heterocycles. The van der Waals surface area contributed by atoms with Gasteiger partial charge in [-0.05, 0) is 45.9 Å². The van der Waals surface area contributed by atoms with Gasteiger partial charge in [-0.15, -0.1) is 0 Å². The number of hydrogen-bond acceptors (Lipinski definition) is 3. The zero-order valence-electron chi connectivity index (χ0n) is 12.9. The molecule has 2 aromatic heterocycles. The lowest BCUT2D eigenvalue weighted by Crippen LogP contribution is -2.23. The first-order valence-electron chi connectivity index (χ1n) is 7.51. The predicted octanol–water partition coefficient (Wildman–Crippen LogP) is 4.66. The highest BCUT2D eigenvalue weighted by Crippen LogP contribution is 2.30. The maximum Gasteiger partial charge on any atom is 0.269 e. The van der Waals surface area contributed by atoms with Crippen molar-refractivity contribution in [2.45, 2.75) is 24.7 Å². The molecule has 0 saturated carbocycles. The summed E-state index contributed by atoms with van der Waals surface area (Å²) < 4.78 is 2.05. The molecule has 0 saturated heterocycles. The summed E-state index contributed by atoms with van der Waals surface area (Å²) in [4.78, 5) is 8.59. The molecule has 2 aromatic carbocycles. The second-order valence-electron chi connectivity index (χ2n) is 5.81. The lowest BCUT2D eigenvalue weighted by Gasteiger charge is -2.02. The molecule has 116 valence electrons. The van der Waals surface area contributed by atoms with E-state index in [9.17, 15) is 0 Å². The van der Waals surface area contributed by atoms with E-state index in [1.807, 2.05) is 6.07 Å². The number of fused-ring (bicyclic) bond motifs is 2. The highest BCUT2D eigenvalue weighted by molar-refractivity contribution is 8.74. The standard InChI is InChI=1S/C17H16N4S2/c1-11(2)12-3-5-15-13(7-12)9-21(20-15)23-22-14-4-6-16-17(8-14)19-10-18-16/h3-11H,1-2H3,(H,18,19)/p+1. The van der Waals surface area contributed by atoms with E-state index in [-0.39, 0.29) is 0 Å². The molecule has 0 aliphatic rings. The highest BCUT2D eigenvalue weighted by Gasteiger charge is 2.12. The molecule has 2 N–H and O–H groups in total. The smallest absolute Gasteiger partial charge is 0.269 e. The number of hydrogen-bond donors (Lipinski definition) is 2. The number of aromatic amines is 2. The van der Waals surface area contributed by atoms with Crippen LogP contribution in [0.1, 0.15) is 25.3 Å². The third kappa shape index (κ3) is 2.96. The van der Waals surface area contributed by atoms with Gasteiger partial charge in [0.05, 0.1) is 22.7 Å². The van der Waals surface area contributed by atoms with Crippen LogP contribution >= 0.6 is 21.8 Å². The van der Waals surface area contributed by atoms with Gasteiger partial charge < -0.3 is 4.98 Å². The molecule has 6 heteroatoms. The molecular weight excluding hydrogens is 324 g/mol. The minimum absolute atomic E-state index is 0.547. The van der Waals surface area contributed by atoms with E-state index >= 15 is 0 Å². The summed E-state index contributed by atoms with van der Waals surface area (Å²) in [5, 5.41) is 4.65. The van der Waals surface area contributed by atoms with Crippen LogP contribution in [0.25, 0.3) is 21.9 Å². The Balaban J connectivity index is 1.55. The van der Waals surface area contributed by atoms with Crippen LogP contribution in [0.2, 0.25) is 0 Å². The van der Waals surface area contributed by atoms with Gasteiger partial charge in [0.25, 0.3) is 11.0 Å². The largest absolute Gasteiger partial charge is 0.345 e. The van der Waals surface area contributed by atoms with Gasteiger partial charge in [-0.2, -0.15) is 5.10 Å². The van der Waals surface area contributed by atoms with Gasteiger partial charge in [0, 0.05) is 15.7 Å². The molecule has 0 atom stereocenters. The summed E-state index contributed by atoms with van der Waals surface area (Å²) in [6.45, 7) is 4.44. The molecule has 4 nitrogen and oxygen atoms in total. The van der Waals surface area contributed by atoms with Gasteiger partial charge in [-0.3, -0.25) is 0 Å². The van der Waals surface area contributed by atoms with Crippen LogP contribution in [0.4, 0.5) is 0 Å². The summed E-state index contributed by atoms with van der Waals surface area (Å²) in [6.07, 6.45) is 3.87. The molecule has 4 rings (SSSR count). The molecule has 0 radical (unpaired) electrons. The summed E-state index contributed by atoms with van der Waals surface area (Å²) in [7, 11) is 3.39. The highest BCUT2D eigenvalue weighted by atomic mass is 33.1. The summed E-state index contributed by atoms with van der Waals surface area (Å²) in [6, 6.07) is 12.9. The Labute approximate surface area is 142 Å². The van der Waals surface area contributed by atoms with Crippen molar-refractivity contribution in [3.63, 3.8) is 0 Å². The third-order valence-electron chi connectivity index (χ3n) is 3.83. The number of H-pyrrole nitrogens is 2. The quantitative estimate of drug-likeness (QED) is 0.419. The predicted molar refractivity (Wildman–Crippen MR) is 97.5 cm³/mol. The Kier molecular flexibility index (Phi) is 3.79. The normalized spacial score (nSPS) is 11.8. The van der Waals surface area contributed by atoms with E-state index in [2.05, 4.69) is 69.5 Å². The van der Waals surface area contributed by atoms with Crippen LogP contribution < -0.4 is 4.09 Å². The second-order valence-corrected chi connectivity index (χ2v) is 7.94. The maximum absolute atomic E-state index is 4.25. The Morgan fingerprint density at radius 3 is 2.87 bits per heavy atom. The average molecular weight is 341 g/mol. The lowest BCUT2D eigenvalue weighted by atomic mass is 10.0. The van der Waals surface area contributed by atoms with E-state index in [1.54, 1.807) is 28.1 Å². The van der Waals surface area contributed by atoms with Crippen molar-refractivity contribution in [2.75, 3.05) is 0 Å². The van der Waals surface area contributed by atoms with E-state index in [0.717, 1.165) is 16.6 Å². The van der Waals surface area contributed by atoms with Crippen molar-refractivity contribution in [1.82, 2.24) is 15.1 Å². The molecule has 4 aromatic rings. The van der Waals surface area contributed by atoms with Crippen molar-refractivity contribution in [3.8, 4) is 0 Å². The van der Waals surface area contributed by atoms with E-state index in [1.165, 1.54) is 15.8 Å². The molecule has 0 unspecified atom stereocenters. The molecule has 0 bridgehead atoms. The number of rotatable bonds is 4. The van der Waals surface area contributed by atoms with Crippen LogP contribution in [0, 0.1) is 0 Å². The topological polar surface area (TPSA) is 48.4 Å². The van der Waals surface area contributed by atoms with Crippen LogP contribution in [0.3, 0.4) is 0 Å². The van der Waals surface area contributed by atoms with Crippen molar-refractivity contribution in [2.24, 2.45) is 0 Å².